The zero-order valence-corrected chi connectivity index (χ0v) is 24.7. The van der Waals surface area contributed by atoms with E-state index in [9.17, 15) is 0 Å². The molecule has 212 valence electrons. The molecule has 0 aliphatic heterocycles. The zero-order chi connectivity index (χ0) is 28.3. The van der Waals surface area contributed by atoms with Crippen LogP contribution in [0.25, 0.3) is 0 Å². The SMILES string of the molecule is C.CC(=N)CN=CC(C)(C)C.COCC(=N)CN=CC(C)(C)C.COCC(=N)N(C)/N=C/C(C)(C)C. The third-order valence-electron chi connectivity index (χ3n) is 3.18. The number of hydrogen-bond donors (Lipinski definition) is 3. The number of nitrogens with one attached hydrogen (secondary N) is 3. The maximum absolute atomic E-state index is 7.49. The molecule has 0 fully saturated rings. The molecular weight excluding hydrogens is 454 g/mol. The van der Waals surface area contributed by atoms with E-state index in [4.69, 9.17) is 25.7 Å². The molecule has 0 unspecified atom stereocenters. The molecule has 0 saturated heterocycles. The number of rotatable bonds is 9. The summed E-state index contributed by atoms with van der Waals surface area (Å²) in [6.45, 7) is 22.1. The van der Waals surface area contributed by atoms with Crippen molar-refractivity contribution in [2.24, 2.45) is 31.3 Å². The van der Waals surface area contributed by atoms with E-state index in [1.165, 1.54) is 5.01 Å². The number of methoxy groups -OCH3 is 2. The summed E-state index contributed by atoms with van der Waals surface area (Å²) in [6.07, 6.45) is 5.58. The molecule has 0 heterocycles. The van der Waals surface area contributed by atoms with Crippen molar-refractivity contribution in [3.8, 4) is 0 Å². The predicted molar refractivity (Wildman–Crippen MR) is 161 cm³/mol. The Hall–Kier alpha value is -2.26. The van der Waals surface area contributed by atoms with Gasteiger partial charge in [0.1, 0.15) is 12.4 Å². The summed E-state index contributed by atoms with van der Waals surface area (Å²) >= 11 is 0. The van der Waals surface area contributed by atoms with Gasteiger partial charge in [0.25, 0.3) is 0 Å². The summed E-state index contributed by atoms with van der Waals surface area (Å²) in [5.41, 5.74) is 1.42. The Labute approximate surface area is 222 Å². The van der Waals surface area contributed by atoms with Crippen molar-refractivity contribution in [3.63, 3.8) is 0 Å². The monoisotopic (exact) mass is 511 g/mol. The van der Waals surface area contributed by atoms with Crippen molar-refractivity contribution in [1.82, 2.24) is 5.01 Å². The lowest BCUT2D eigenvalue weighted by atomic mass is 9.99. The molecular formula is C27H57N7O2. The fourth-order valence-electron chi connectivity index (χ4n) is 1.67. The fourth-order valence-corrected chi connectivity index (χ4v) is 1.67. The third kappa shape index (κ3) is 39.0. The molecule has 0 rings (SSSR count). The van der Waals surface area contributed by atoms with E-state index in [0.717, 1.165) is 0 Å². The van der Waals surface area contributed by atoms with Crippen LogP contribution < -0.4 is 0 Å². The third-order valence-corrected chi connectivity index (χ3v) is 3.18. The quantitative estimate of drug-likeness (QED) is 0.196. The van der Waals surface area contributed by atoms with Gasteiger partial charge in [-0.2, -0.15) is 5.10 Å². The minimum Gasteiger partial charge on any atom is -0.379 e. The van der Waals surface area contributed by atoms with Crippen LogP contribution in [0, 0.1) is 32.5 Å². The summed E-state index contributed by atoms with van der Waals surface area (Å²) in [5, 5.41) is 27.6. The van der Waals surface area contributed by atoms with Gasteiger partial charge in [-0.15, -0.1) is 0 Å². The number of aliphatic imine (C=N–C) groups is 2. The number of nitrogens with zero attached hydrogens (tertiary/aromatic N) is 4. The summed E-state index contributed by atoms with van der Waals surface area (Å²) in [4.78, 5) is 8.22. The maximum Gasteiger partial charge on any atom is 0.143 e. The van der Waals surface area contributed by atoms with E-state index in [1.54, 1.807) is 28.2 Å². The lowest BCUT2D eigenvalue weighted by molar-refractivity contribution is 0.233. The van der Waals surface area contributed by atoms with Crippen LogP contribution >= 0.6 is 0 Å². The van der Waals surface area contributed by atoms with Gasteiger partial charge in [-0.1, -0.05) is 69.7 Å². The first kappa shape index (κ1) is 40.9. The van der Waals surface area contributed by atoms with Gasteiger partial charge in [0.05, 0.1) is 25.4 Å². The van der Waals surface area contributed by atoms with Gasteiger partial charge >= 0.3 is 0 Å². The molecule has 36 heavy (non-hydrogen) atoms. The van der Waals surface area contributed by atoms with Crippen LogP contribution in [0.15, 0.2) is 15.1 Å². The van der Waals surface area contributed by atoms with E-state index in [1.807, 2.05) is 18.6 Å². The molecule has 0 amide bonds. The molecule has 0 aliphatic rings. The average Bonchev–Trinajstić information content (AvgIpc) is 2.64. The number of amidine groups is 1. The van der Waals surface area contributed by atoms with Crippen LogP contribution in [0.5, 0.6) is 0 Å². The molecule has 0 aromatic carbocycles. The van der Waals surface area contributed by atoms with Crippen molar-refractivity contribution < 1.29 is 9.47 Å². The molecule has 0 aromatic heterocycles. The Balaban J connectivity index is -0.000000212. The second kappa shape index (κ2) is 20.9. The average molecular weight is 512 g/mol. The Kier molecular flexibility index (Phi) is 23.7. The molecule has 3 N–H and O–H groups in total. The van der Waals surface area contributed by atoms with Gasteiger partial charge in [0.2, 0.25) is 0 Å². The summed E-state index contributed by atoms with van der Waals surface area (Å²) < 4.78 is 9.60. The molecule has 0 aromatic rings. The Bertz CT molecular complexity index is 692. The van der Waals surface area contributed by atoms with E-state index in [0.29, 0.717) is 37.0 Å². The van der Waals surface area contributed by atoms with E-state index >= 15 is 0 Å². The molecule has 0 bridgehead atoms. The molecule has 9 nitrogen and oxygen atoms in total. The van der Waals surface area contributed by atoms with Crippen molar-refractivity contribution >= 4 is 35.9 Å². The zero-order valence-electron chi connectivity index (χ0n) is 24.7. The van der Waals surface area contributed by atoms with Gasteiger partial charge in [0, 0.05) is 45.6 Å². The molecule has 0 saturated carbocycles. The first-order chi connectivity index (χ1) is 15.7. The first-order valence-corrected chi connectivity index (χ1v) is 11.7. The highest BCUT2D eigenvalue weighted by Gasteiger charge is 2.07. The second-order valence-electron chi connectivity index (χ2n) is 11.5. The fraction of sp³-hybridized carbons (Fsp3) is 0.778. The first-order valence-electron chi connectivity index (χ1n) is 11.7. The Morgan fingerprint density at radius 1 is 0.722 bits per heavy atom. The summed E-state index contributed by atoms with van der Waals surface area (Å²) in [6, 6.07) is 0. The summed E-state index contributed by atoms with van der Waals surface area (Å²) in [7, 11) is 4.89. The second-order valence-corrected chi connectivity index (χ2v) is 11.5. The Morgan fingerprint density at radius 2 is 1.11 bits per heavy atom. The molecule has 9 heteroatoms. The van der Waals surface area contributed by atoms with Crippen LogP contribution in [0.2, 0.25) is 0 Å². The normalized spacial score (nSPS) is 11.9. The number of hydrogen-bond acceptors (Lipinski definition) is 8. The van der Waals surface area contributed by atoms with E-state index in [2.05, 4.69) is 77.4 Å². The van der Waals surface area contributed by atoms with Crippen molar-refractivity contribution in [1.29, 1.82) is 16.2 Å². The minimum atomic E-state index is 0. The largest absolute Gasteiger partial charge is 0.379 e. The lowest BCUT2D eigenvalue weighted by Crippen LogP contribution is -2.25. The Morgan fingerprint density at radius 3 is 1.44 bits per heavy atom. The van der Waals surface area contributed by atoms with Gasteiger partial charge in [-0.05, 0) is 23.2 Å². The van der Waals surface area contributed by atoms with Crippen LogP contribution in [0.4, 0.5) is 0 Å². The predicted octanol–water partition coefficient (Wildman–Crippen LogP) is 6.12. The molecule has 0 aliphatic carbocycles. The topological polar surface area (TPSA) is 130 Å². The summed E-state index contributed by atoms with van der Waals surface area (Å²) in [5.74, 6) is 0.350. The molecule has 0 spiro atoms. The van der Waals surface area contributed by atoms with Crippen LogP contribution in [0.3, 0.4) is 0 Å². The van der Waals surface area contributed by atoms with E-state index < -0.39 is 0 Å². The van der Waals surface area contributed by atoms with Crippen molar-refractivity contribution in [2.75, 3.05) is 47.6 Å². The van der Waals surface area contributed by atoms with E-state index in [-0.39, 0.29) is 30.3 Å². The van der Waals surface area contributed by atoms with Crippen LogP contribution in [-0.4, -0.2) is 88.5 Å². The van der Waals surface area contributed by atoms with Gasteiger partial charge in [-0.25, -0.2) is 0 Å². The van der Waals surface area contributed by atoms with Crippen LogP contribution in [-0.2, 0) is 9.47 Å². The number of hydrazone groups is 1. The van der Waals surface area contributed by atoms with Gasteiger partial charge < -0.3 is 20.3 Å². The lowest BCUT2D eigenvalue weighted by Gasteiger charge is -2.16. The molecule has 0 radical (unpaired) electrons. The number of ether oxygens (including phenoxy) is 2. The minimum absolute atomic E-state index is 0. The standard InChI is InChI=1S/C9H19N3O.C9H18N2O.C8H16N2.CH4/c1-9(2,3)7-11-12(4)8(10)6-13-5;1-9(2,3)7-11-5-8(10)6-12-4;1-7(9)5-10-6-8(2,3)4;/h7,10H,6H2,1-5H3;7,10H,5-6H2,1-4H3;6,9H,5H2,1-4H3;1H4/b10-8?,11-7+;;;. The highest BCUT2D eigenvalue weighted by molar-refractivity contribution is 5.86. The highest BCUT2D eigenvalue weighted by Crippen LogP contribution is 2.09. The molecule has 0 atom stereocenters. The maximum atomic E-state index is 7.49. The number of likely N-dealkylation sites (N-methyl/N-ethyl adjacent to an activating group) is 1. The van der Waals surface area contributed by atoms with Gasteiger partial charge in [-0.3, -0.25) is 20.4 Å². The smallest absolute Gasteiger partial charge is 0.143 e. The van der Waals surface area contributed by atoms with Crippen LogP contribution in [0.1, 0.15) is 76.7 Å². The van der Waals surface area contributed by atoms with Gasteiger partial charge in [0.15, 0.2) is 0 Å². The van der Waals surface area contributed by atoms with Crippen molar-refractivity contribution in [2.45, 2.75) is 76.7 Å². The highest BCUT2D eigenvalue weighted by atomic mass is 16.5. The van der Waals surface area contributed by atoms with Crippen molar-refractivity contribution in [3.05, 3.63) is 0 Å².